The number of rotatable bonds is 8. The standard InChI is InChI=1S/C15H18F3NO4/c1-10(20)19-13(9-22-2)14(21)8-5-11-3-6-12(7-4-11)23-15(16,17)18/h3-4,6-7,13H,5,8-9H2,1-2H3,(H,19,20)/t13-/m1/s1. The van der Waals surface area contributed by atoms with Gasteiger partial charge in [-0.3, -0.25) is 9.59 Å². The van der Waals surface area contributed by atoms with E-state index in [1.165, 1.54) is 38.3 Å². The lowest BCUT2D eigenvalue weighted by Crippen LogP contribution is -2.43. The summed E-state index contributed by atoms with van der Waals surface area (Å²) in [4.78, 5) is 23.1. The minimum Gasteiger partial charge on any atom is -0.406 e. The highest BCUT2D eigenvalue weighted by molar-refractivity contribution is 5.88. The number of Topliss-reactive ketones (excluding diaryl/α,β-unsaturated/α-hetero) is 1. The molecular formula is C15H18F3NO4. The fourth-order valence-corrected chi connectivity index (χ4v) is 1.93. The molecule has 0 radical (unpaired) electrons. The molecule has 0 aromatic heterocycles. The molecular weight excluding hydrogens is 315 g/mol. The number of benzene rings is 1. The highest BCUT2D eigenvalue weighted by atomic mass is 19.4. The molecule has 1 atom stereocenters. The van der Waals surface area contributed by atoms with E-state index in [1.54, 1.807) is 0 Å². The molecule has 5 nitrogen and oxygen atoms in total. The Morgan fingerprint density at radius 1 is 1.22 bits per heavy atom. The smallest absolute Gasteiger partial charge is 0.406 e. The number of hydrogen-bond donors (Lipinski definition) is 1. The number of methoxy groups -OCH3 is 1. The van der Waals surface area contributed by atoms with Gasteiger partial charge < -0.3 is 14.8 Å². The van der Waals surface area contributed by atoms with E-state index in [0.717, 1.165) is 0 Å². The number of carbonyl (C=O) groups is 2. The van der Waals surface area contributed by atoms with Crippen molar-refractivity contribution in [3.8, 4) is 5.75 Å². The van der Waals surface area contributed by atoms with Crippen molar-refractivity contribution in [3.05, 3.63) is 29.8 Å². The van der Waals surface area contributed by atoms with E-state index in [4.69, 9.17) is 4.74 Å². The summed E-state index contributed by atoms with van der Waals surface area (Å²) in [6.45, 7) is 1.37. The monoisotopic (exact) mass is 333 g/mol. The Hall–Kier alpha value is -2.09. The minimum absolute atomic E-state index is 0.0662. The number of ketones is 1. The predicted molar refractivity (Wildman–Crippen MR) is 75.9 cm³/mol. The maximum Gasteiger partial charge on any atom is 0.573 e. The van der Waals surface area contributed by atoms with Crippen LogP contribution >= 0.6 is 0 Å². The molecule has 0 aliphatic carbocycles. The highest BCUT2D eigenvalue weighted by Gasteiger charge is 2.30. The van der Waals surface area contributed by atoms with Crippen molar-refractivity contribution < 1.29 is 32.2 Å². The van der Waals surface area contributed by atoms with E-state index in [9.17, 15) is 22.8 Å². The van der Waals surface area contributed by atoms with Gasteiger partial charge in [0.25, 0.3) is 0 Å². The maximum atomic E-state index is 12.0. The highest BCUT2D eigenvalue weighted by Crippen LogP contribution is 2.23. The Bertz CT molecular complexity index is 529. The first-order chi connectivity index (χ1) is 10.7. The second kappa shape index (κ2) is 8.52. The van der Waals surface area contributed by atoms with Crippen LogP contribution in [-0.2, 0) is 20.7 Å². The molecule has 0 fully saturated rings. The summed E-state index contributed by atoms with van der Waals surface area (Å²) < 4.78 is 44.8. The summed E-state index contributed by atoms with van der Waals surface area (Å²) in [6, 6.07) is 4.56. The van der Waals surface area contributed by atoms with Crippen LogP contribution in [0, 0.1) is 0 Å². The van der Waals surface area contributed by atoms with E-state index in [-0.39, 0.29) is 30.5 Å². The molecule has 8 heteroatoms. The van der Waals surface area contributed by atoms with Crippen LogP contribution in [0.4, 0.5) is 13.2 Å². The van der Waals surface area contributed by atoms with Crippen molar-refractivity contribution in [3.63, 3.8) is 0 Å². The Kier molecular flexibility index (Phi) is 7.02. The number of carbonyl (C=O) groups excluding carboxylic acids is 2. The zero-order valence-corrected chi connectivity index (χ0v) is 12.8. The average Bonchev–Trinajstić information content (AvgIpc) is 2.43. The van der Waals surface area contributed by atoms with Crippen LogP contribution in [0.5, 0.6) is 5.75 Å². The Morgan fingerprint density at radius 3 is 2.30 bits per heavy atom. The number of halogens is 3. The van der Waals surface area contributed by atoms with Crippen LogP contribution in [0.3, 0.4) is 0 Å². The first-order valence-electron chi connectivity index (χ1n) is 6.84. The zero-order valence-electron chi connectivity index (χ0n) is 12.8. The van der Waals surface area contributed by atoms with Crippen molar-refractivity contribution in [2.24, 2.45) is 0 Å². The average molecular weight is 333 g/mol. The molecule has 0 aliphatic rings. The molecule has 0 saturated carbocycles. The molecule has 1 amide bonds. The van der Waals surface area contributed by atoms with Crippen LogP contribution in [0.25, 0.3) is 0 Å². The Balaban J connectivity index is 2.56. The molecule has 0 aliphatic heterocycles. The van der Waals surface area contributed by atoms with E-state index >= 15 is 0 Å². The van der Waals surface area contributed by atoms with Crippen LogP contribution < -0.4 is 10.1 Å². The lowest BCUT2D eigenvalue weighted by Gasteiger charge is -2.15. The van der Waals surface area contributed by atoms with Crippen LogP contribution in [0.1, 0.15) is 18.9 Å². The third-order valence-corrected chi connectivity index (χ3v) is 2.92. The first kappa shape index (κ1) is 19.0. The molecule has 0 spiro atoms. The van der Waals surface area contributed by atoms with Gasteiger partial charge in [0.05, 0.1) is 6.61 Å². The molecule has 1 rings (SSSR count). The molecule has 1 aromatic rings. The first-order valence-corrected chi connectivity index (χ1v) is 6.84. The van der Waals surface area contributed by atoms with Gasteiger partial charge in [-0.15, -0.1) is 13.2 Å². The molecule has 0 bridgehead atoms. The lowest BCUT2D eigenvalue weighted by molar-refractivity contribution is -0.274. The van der Waals surface area contributed by atoms with Gasteiger partial charge in [0.1, 0.15) is 11.8 Å². The molecule has 1 N–H and O–H groups in total. The second-order valence-corrected chi connectivity index (χ2v) is 4.87. The van der Waals surface area contributed by atoms with Crippen LogP contribution in [0.15, 0.2) is 24.3 Å². The lowest BCUT2D eigenvalue weighted by atomic mass is 10.0. The summed E-state index contributed by atoms with van der Waals surface area (Å²) in [5, 5.41) is 2.49. The quantitative estimate of drug-likeness (QED) is 0.792. The van der Waals surface area contributed by atoms with Gasteiger partial charge in [0.2, 0.25) is 5.91 Å². The topological polar surface area (TPSA) is 64.6 Å². The van der Waals surface area contributed by atoms with Crippen LogP contribution in [-0.4, -0.2) is 37.8 Å². The van der Waals surface area contributed by atoms with Gasteiger partial charge in [-0.2, -0.15) is 0 Å². The largest absolute Gasteiger partial charge is 0.573 e. The van der Waals surface area contributed by atoms with E-state index in [0.29, 0.717) is 12.0 Å². The van der Waals surface area contributed by atoms with E-state index < -0.39 is 12.4 Å². The molecule has 0 unspecified atom stereocenters. The number of hydrogen-bond acceptors (Lipinski definition) is 4. The SMILES string of the molecule is COC[C@@H](NC(C)=O)C(=O)CCc1ccc(OC(F)(F)F)cc1. The third kappa shape index (κ3) is 7.64. The van der Waals surface area contributed by atoms with Gasteiger partial charge in [-0.25, -0.2) is 0 Å². The maximum absolute atomic E-state index is 12.0. The van der Waals surface area contributed by atoms with E-state index in [2.05, 4.69) is 10.1 Å². The van der Waals surface area contributed by atoms with Crippen LogP contribution in [0.2, 0.25) is 0 Å². The summed E-state index contributed by atoms with van der Waals surface area (Å²) in [7, 11) is 1.42. The van der Waals surface area contributed by atoms with Crippen molar-refractivity contribution in [2.75, 3.05) is 13.7 Å². The summed E-state index contributed by atoms with van der Waals surface area (Å²) in [6.07, 6.45) is -4.26. The molecule has 23 heavy (non-hydrogen) atoms. The number of amides is 1. The number of aryl methyl sites for hydroxylation is 1. The summed E-state index contributed by atoms with van der Waals surface area (Å²) >= 11 is 0. The van der Waals surface area contributed by atoms with Gasteiger partial charge in [0.15, 0.2) is 5.78 Å². The van der Waals surface area contributed by atoms with Crippen molar-refractivity contribution in [1.29, 1.82) is 0 Å². The van der Waals surface area contributed by atoms with Gasteiger partial charge in [-0.05, 0) is 24.1 Å². The van der Waals surface area contributed by atoms with Crippen molar-refractivity contribution in [1.82, 2.24) is 5.32 Å². The number of nitrogens with one attached hydrogen (secondary N) is 1. The molecule has 1 aromatic carbocycles. The fraction of sp³-hybridized carbons (Fsp3) is 0.467. The summed E-state index contributed by atoms with van der Waals surface area (Å²) in [5.74, 6) is -0.866. The fourth-order valence-electron chi connectivity index (χ4n) is 1.93. The normalized spacial score (nSPS) is 12.6. The Morgan fingerprint density at radius 2 is 1.83 bits per heavy atom. The number of ether oxygens (including phenoxy) is 2. The Labute approximate surface area is 131 Å². The van der Waals surface area contributed by atoms with E-state index in [1.807, 2.05) is 0 Å². The number of alkyl halides is 3. The van der Waals surface area contributed by atoms with Gasteiger partial charge in [-0.1, -0.05) is 12.1 Å². The zero-order chi connectivity index (χ0) is 17.5. The minimum atomic E-state index is -4.73. The molecule has 0 saturated heterocycles. The second-order valence-electron chi connectivity index (χ2n) is 4.87. The van der Waals surface area contributed by atoms with Gasteiger partial charge >= 0.3 is 6.36 Å². The van der Waals surface area contributed by atoms with Gasteiger partial charge in [0, 0.05) is 20.5 Å². The molecule has 0 heterocycles. The third-order valence-electron chi connectivity index (χ3n) is 2.92. The summed E-state index contributed by atoms with van der Waals surface area (Å²) in [5.41, 5.74) is 0.687. The molecule has 128 valence electrons. The predicted octanol–water partition coefficient (Wildman–Crippen LogP) is 2.24. The van der Waals surface area contributed by atoms with Crippen molar-refractivity contribution >= 4 is 11.7 Å². The van der Waals surface area contributed by atoms with Crippen molar-refractivity contribution in [2.45, 2.75) is 32.2 Å².